The zero-order chi connectivity index (χ0) is 20.1. The lowest BCUT2D eigenvalue weighted by Gasteiger charge is -2.35. The van der Waals surface area contributed by atoms with Crippen LogP contribution in [0.1, 0.15) is 59.8 Å². The summed E-state index contributed by atoms with van der Waals surface area (Å²) in [6.07, 6.45) is -0.491. The summed E-state index contributed by atoms with van der Waals surface area (Å²) in [5.74, 6) is -0.137. The number of hydrogen-bond acceptors (Lipinski definition) is 4. The molecule has 7 heteroatoms. The summed E-state index contributed by atoms with van der Waals surface area (Å²) in [6, 6.07) is 0. The third-order valence-electron chi connectivity index (χ3n) is 5.13. The molecule has 0 heterocycles. The fraction of sp³-hybridized carbons (Fsp3) is 0.789. The van der Waals surface area contributed by atoms with Crippen LogP contribution in [0.15, 0.2) is 12.2 Å². The van der Waals surface area contributed by atoms with Crippen LogP contribution in [0.3, 0.4) is 0 Å². The lowest BCUT2D eigenvalue weighted by Crippen LogP contribution is -2.47. The van der Waals surface area contributed by atoms with Crippen molar-refractivity contribution in [3.05, 3.63) is 12.2 Å². The largest absolute Gasteiger partial charge is 0.463 e. The lowest BCUT2D eigenvalue weighted by molar-refractivity contribution is -0.269. The van der Waals surface area contributed by atoms with Crippen molar-refractivity contribution in [2.24, 2.45) is 17.8 Å². The van der Waals surface area contributed by atoms with E-state index >= 15 is 0 Å². The molecule has 2 aliphatic carbocycles. The monoisotopic (exact) mass is 378 g/mol. The maximum Gasteiger partial charge on any atom is 0.428 e. The summed E-state index contributed by atoms with van der Waals surface area (Å²) in [6.45, 7) is 9.24. The first-order chi connectivity index (χ1) is 11.9. The Labute approximate surface area is 153 Å². The topological polar surface area (TPSA) is 52.6 Å². The number of alkyl halides is 3. The molecule has 0 aliphatic heterocycles. The highest BCUT2D eigenvalue weighted by atomic mass is 19.4. The van der Waals surface area contributed by atoms with E-state index in [1.54, 1.807) is 13.8 Å². The molecule has 0 radical (unpaired) electrons. The Hall–Kier alpha value is -1.53. The van der Waals surface area contributed by atoms with Gasteiger partial charge < -0.3 is 9.47 Å². The molecule has 0 aromatic carbocycles. The van der Waals surface area contributed by atoms with Crippen LogP contribution in [-0.2, 0) is 19.1 Å². The summed E-state index contributed by atoms with van der Waals surface area (Å²) in [7, 11) is 0. The van der Waals surface area contributed by atoms with Gasteiger partial charge in [-0.25, -0.2) is 4.79 Å². The maximum absolute atomic E-state index is 13.1. The molecule has 2 rings (SSSR count). The summed E-state index contributed by atoms with van der Waals surface area (Å²) in [4.78, 5) is 21.3. The number of halogens is 3. The maximum atomic E-state index is 13.1. The average Bonchev–Trinajstić information content (AvgIpc) is 3.08. The number of fused-ring (bicyclic) bond motifs is 2. The fourth-order valence-corrected chi connectivity index (χ4v) is 3.91. The molecule has 4 unspecified atom stereocenters. The smallest absolute Gasteiger partial charge is 0.428 e. The molecule has 4 nitrogen and oxygen atoms in total. The van der Waals surface area contributed by atoms with Crippen molar-refractivity contribution in [1.29, 1.82) is 0 Å². The molecule has 2 fully saturated rings. The van der Waals surface area contributed by atoms with Gasteiger partial charge in [-0.05, 0) is 64.2 Å². The number of esters is 2. The van der Waals surface area contributed by atoms with Crippen LogP contribution in [-0.4, -0.2) is 30.3 Å². The van der Waals surface area contributed by atoms with Gasteiger partial charge in [-0.2, -0.15) is 13.2 Å². The van der Waals surface area contributed by atoms with E-state index in [4.69, 9.17) is 0 Å². The summed E-state index contributed by atoms with van der Waals surface area (Å²) < 4.78 is 48.4. The number of rotatable bonds is 5. The van der Waals surface area contributed by atoms with Crippen LogP contribution in [0, 0.1) is 17.8 Å². The highest BCUT2D eigenvalue weighted by Crippen LogP contribution is 2.53. The van der Waals surface area contributed by atoms with Gasteiger partial charge in [-0.1, -0.05) is 13.0 Å². The van der Waals surface area contributed by atoms with Crippen LogP contribution in [0.5, 0.6) is 0 Å². The van der Waals surface area contributed by atoms with E-state index in [9.17, 15) is 22.8 Å². The van der Waals surface area contributed by atoms with E-state index < -0.39 is 17.7 Å². The van der Waals surface area contributed by atoms with Crippen LogP contribution in [0.25, 0.3) is 0 Å². The van der Waals surface area contributed by atoms with E-state index in [0.717, 1.165) is 39.5 Å². The van der Waals surface area contributed by atoms with Crippen LogP contribution < -0.4 is 0 Å². The molecule has 2 aliphatic rings. The van der Waals surface area contributed by atoms with Gasteiger partial charge in [-0.15, -0.1) is 0 Å². The Morgan fingerprint density at radius 3 is 2.08 bits per heavy atom. The van der Waals surface area contributed by atoms with Crippen molar-refractivity contribution in [1.82, 2.24) is 0 Å². The Morgan fingerprint density at radius 1 is 1.15 bits per heavy atom. The third-order valence-corrected chi connectivity index (χ3v) is 5.13. The SMILES string of the molecule is C=C(C)C(=O)OCC.CC(=O)OC(C)(CC1CC2CCC1C2)C(F)(F)F. The van der Waals surface area contributed by atoms with Gasteiger partial charge in [0.2, 0.25) is 5.60 Å². The first-order valence-electron chi connectivity index (χ1n) is 8.98. The number of carbonyl (C=O) groups excluding carboxylic acids is 2. The molecule has 0 saturated heterocycles. The summed E-state index contributed by atoms with van der Waals surface area (Å²) >= 11 is 0. The molecular formula is C19H29F3O4. The molecular weight excluding hydrogens is 349 g/mol. The van der Waals surface area contributed by atoms with Gasteiger partial charge in [0.15, 0.2) is 0 Å². The summed E-state index contributed by atoms with van der Waals surface area (Å²) in [5, 5.41) is 0. The van der Waals surface area contributed by atoms with Crippen LogP contribution in [0.2, 0.25) is 0 Å². The standard InChI is InChI=1S/C13H19F3O2.C6H10O2/c1-8(17)18-12(2,13(14,15)16)7-11-6-9-3-4-10(11)5-9;1-4-8-6(7)5(2)3/h9-11H,3-7H2,1-2H3;2,4H2,1,3H3. The van der Waals surface area contributed by atoms with E-state index in [0.29, 0.717) is 24.0 Å². The van der Waals surface area contributed by atoms with Gasteiger partial charge in [0, 0.05) is 12.5 Å². The molecule has 0 aromatic rings. The lowest BCUT2D eigenvalue weighted by atomic mass is 9.80. The second-order valence-corrected chi connectivity index (χ2v) is 7.46. The van der Waals surface area contributed by atoms with E-state index in [1.807, 2.05) is 0 Å². The minimum absolute atomic E-state index is 0.0507. The first kappa shape index (κ1) is 22.5. The molecule has 2 bridgehead atoms. The van der Waals surface area contributed by atoms with Crippen molar-refractivity contribution < 1.29 is 32.2 Å². The second-order valence-electron chi connectivity index (χ2n) is 7.46. The van der Waals surface area contributed by atoms with Gasteiger partial charge in [0.25, 0.3) is 0 Å². The molecule has 0 amide bonds. The molecule has 0 aromatic heterocycles. The zero-order valence-electron chi connectivity index (χ0n) is 15.9. The third kappa shape index (κ3) is 6.02. The highest BCUT2D eigenvalue weighted by molar-refractivity contribution is 5.86. The highest BCUT2D eigenvalue weighted by Gasteiger charge is 2.57. The van der Waals surface area contributed by atoms with Gasteiger partial charge in [0.05, 0.1) is 6.61 Å². The van der Waals surface area contributed by atoms with Gasteiger partial charge in [0.1, 0.15) is 0 Å². The molecule has 0 spiro atoms. The molecule has 4 atom stereocenters. The van der Waals surface area contributed by atoms with Gasteiger partial charge in [-0.3, -0.25) is 4.79 Å². The van der Waals surface area contributed by atoms with Crippen LogP contribution in [0.4, 0.5) is 13.2 Å². The zero-order valence-corrected chi connectivity index (χ0v) is 15.9. The van der Waals surface area contributed by atoms with E-state index in [-0.39, 0.29) is 18.3 Å². The molecule has 26 heavy (non-hydrogen) atoms. The second kappa shape index (κ2) is 8.91. The van der Waals surface area contributed by atoms with Crippen molar-refractivity contribution in [3.63, 3.8) is 0 Å². The number of carbonyl (C=O) groups is 2. The summed E-state index contributed by atoms with van der Waals surface area (Å²) in [5.41, 5.74) is -1.87. The van der Waals surface area contributed by atoms with E-state index in [2.05, 4.69) is 16.1 Å². The van der Waals surface area contributed by atoms with Crippen LogP contribution >= 0.6 is 0 Å². The van der Waals surface area contributed by atoms with Crippen molar-refractivity contribution >= 4 is 11.9 Å². The van der Waals surface area contributed by atoms with Crippen molar-refractivity contribution in [3.8, 4) is 0 Å². The Kier molecular flexibility index (Phi) is 7.71. The Morgan fingerprint density at radius 2 is 1.77 bits per heavy atom. The predicted octanol–water partition coefficient (Wildman–Crippen LogP) is 4.82. The molecule has 2 saturated carbocycles. The fourth-order valence-electron chi connectivity index (χ4n) is 3.91. The average molecular weight is 378 g/mol. The minimum atomic E-state index is -4.50. The normalized spacial score (nSPS) is 26.3. The number of hydrogen-bond donors (Lipinski definition) is 0. The molecule has 0 N–H and O–H groups in total. The predicted molar refractivity (Wildman–Crippen MR) is 91.2 cm³/mol. The van der Waals surface area contributed by atoms with E-state index in [1.165, 1.54) is 0 Å². The quantitative estimate of drug-likeness (QED) is 0.508. The van der Waals surface area contributed by atoms with Crippen molar-refractivity contribution in [2.45, 2.75) is 71.6 Å². The number of ether oxygens (including phenoxy) is 2. The minimum Gasteiger partial charge on any atom is -0.463 e. The Balaban J connectivity index is 0.000000359. The Bertz CT molecular complexity index is 529. The van der Waals surface area contributed by atoms with Crippen molar-refractivity contribution in [2.75, 3.05) is 6.61 Å². The first-order valence-corrected chi connectivity index (χ1v) is 8.98. The molecule has 150 valence electrons. The van der Waals surface area contributed by atoms with Gasteiger partial charge >= 0.3 is 18.1 Å².